The minimum Gasteiger partial charge on any atom is -0.458 e. The molecule has 0 saturated heterocycles. The fourth-order valence-corrected chi connectivity index (χ4v) is 2.72. The van der Waals surface area contributed by atoms with Gasteiger partial charge in [0.15, 0.2) is 6.10 Å². The van der Waals surface area contributed by atoms with Crippen LogP contribution in [0.1, 0.15) is 52.5 Å². The number of fused-ring (bicyclic) bond motifs is 1. The molecule has 2 aromatic rings. The highest BCUT2D eigenvalue weighted by molar-refractivity contribution is 5.82. The van der Waals surface area contributed by atoms with Crippen molar-refractivity contribution >= 4 is 16.7 Å². The molecule has 0 radical (unpaired) electrons. The maximum absolute atomic E-state index is 11.8. The van der Waals surface area contributed by atoms with Gasteiger partial charge in [-0.25, -0.2) is 4.79 Å². The van der Waals surface area contributed by atoms with Crippen LogP contribution in [-0.4, -0.2) is 24.3 Å². The maximum Gasteiger partial charge on any atom is 0.335 e. The molecule has 0 N–H and O–H groups in total. The molecule has 0 bridgehead atoms. The number of carbonyl (C=O) groups excluding carboxylic acids is 1. The Balaban J connectivity index is 1.63. The Bertz CT molecular complexity index is 685. The third kappa shape index (κ3) is 6.87. The van der Waals surface area contributed by atoms with Crippen molar-refractivity contribution in [2.24, 2.45) is 0 Å². The van der Waals surface area contributed by atoms with Crippen LogP contribution in [0.3, 0.4) is 0 Å². The number of carbonyl (C=O) groups is 1. The van der Waals surface area contributed by atoms with Crippen LogP contribution in [0, 0.1) is 0 Å². The smallest absolute Gasteiger partial charge is 0.335 e. The minimum absolute atomic E-state index is 0.288. The highest BCUT2D eigenvalue weighted by atomic mass is 16.6. The highest BCUT2D eigenvalue weighted by Crippen LogP contribution is 2.17. The standard InChI is InChI=1S/C22H30O3/c1-17(21(23)25-22(2,3)4)24-15-9-5-6-10-18-13-14-19-11-7-8-12-20(19)16-18/h7-8,11-14,16-17H,5-6,9-10,15H2,1-4H3. The minimum atomic E-state index is -0.500. The van der Waals surface area contributed by atoms with Crippen LogP contribution in [-0.2, 0) is 20.7 Å². The van der Waals surface area contributed by atoms with Crippen LogP contribution in [0.5, 0.6) is 0 Å². The van der Waals surface area contributed by atoms with E-state index >= 15 is 0 Å². The number of esters is 1. The molecule has 0 heterocycles. The summed E-state index contributed by atoms with van der Waals surface area (Å²) >= 11 is 0. The maximum atomic E-state index is 11.8. The Morgan fingerprint density at radius 1 is 1.00 bits per heavy atom. The molecule has 0 aliphatic rings. The van der Waals surface area contributed by atoms with Gasteiger partial charge in [-0.15, -0.1) is 0 Å². The lowest BCUT2D eigenvalue weighted by molar-refractivity contribution is -0.167. The monoisotopic (exact) mass is 342 g/mol. The molecule has 25 heavy (non-hydrogen) atoms. The zero-order valence-electron chi connectivity index (χ0n) is 15.9. The zero-order valence-corrected chi connectivity index (χ0v) is 15.9. The molecule has 0 fully saturated rings. The van der Waals surface area contributed by atoms with Crippen molar-refractivity contribution in [3.63, 3.8) is 0 Å². The number of rotatable bonds is 8. The predicted molar refractivity (Wildman–Crippen MR) is 103 cm³/mol. The molecule has 0 aliphatic carbocycles. The van der Waals surface area contributed by atoms with Crippen LogP contribution >= 0.6 is 0 Å². The Kier molecular flexibility index (Phi) is 7.01. The quantitative estimate of drug-likeness (QED) is 0.482. The van der Waals surface area contributed by atoms with E-state index in [1.165, 1.54) is 16.3 Å². The van der Waals surface area contributed by atoms with Gasteiger partial charge in [0.05, 0.1) is 0 Å². The van der Waals surface area contributed by atoms with Crippen LogP contribution in [0.4, 0.5) is 0 Å². The van der Waals surface area contributed by atoms with E-state index in [1.807, 2.05) is 20.8 Å². The van der Waals surface area contributed by atoms with E-state index < -0.39 is 11.7 Å². The van der Waals surface area contributed by atoms with Crippen molar-refractivity contribution in [2.45, 2.75) is 65.1 Å². The molecular weight excluding hydrogens is 312 g/mol. The molecule has 1 unspecified atom stereocenters. The van der Waals surface area contributed by atoms with Crippen LogP contribution in [0.25, 0.3) is 10.8 Å². The van der Waals surface area contributed by atoms with Crippen molar-refractivity contribution < 1.29 is 14.3 Å². The number of ether oxygens (including phenoxy) is 2. The zero-order chi connectivity index (χ0) is 18.3. The van der Waals surface area contributed by atoms with E-state index in [2.05, 4.69) is 42.5 Å². The Hall–Kier alpha value is -1.87. The van der Waals surface area contributed by atoms with Gasteiger partial charge < -0.3 is 9.47 Å². The fourth-order valence-electron chi connectivity index (χ4n) is 2.72. The first-order valence-electron chi connectivity index (χ1n) is 9.17. The molecule has 0 saturated carbocycles. The first-order valence-corrected chi connectivity index (χ1v) is 9.17. The molecule has 136 valence electrons. The molecule has 0 aliphatic heterocycles. The molecule has 0 aromatic heterocycles. The Morgan fingerprint density at radius 2 is 1.72 bits per heavy atom. The van der Waals surface area contributed by atoms with E-state index in [9.17, 15) is 4.79 Å². The Morgan fingerprint density at radius 3 is 2.44 bits per heavy atom. The molecule has 0 amide bonds. The van der Waals surface area contributed by atoms with Crippen molar-refractivity contribution in [3.05, 3.63) is 48.0 Å². The van der Waals surface area contributed by atoms with Crippen LogP contribution in [0.2, 0.25) is 0 Å². The van der Waals surface area contributed by atoms with Crippen molar-refractivity contribution in [2.75, 3.05) is 6.61 Å². The summed E-state index contributed by atoms with van der Waals surface area (Å²) in [5.41, 5.74) is 0.913. The number of aryl methyl sites for hydroxylation is 1. The average molecular weight is 342 g/mol. The summed E-state index contributed by atoms with van der Waals surface area (Å²) in [5.74, 6) is -0.288. The van der Waals surface area contributed by atoms with Gasteiger partial charge in [0.2, 0.25) is 0 Å². The summed E-state index contributed by atoms with van der Waals surface area (Å²) in [7, 11) is 0. The van der Waals surface area contributed by atoms with Gasteiger partial charge in [-0.3, -0.25) is 0 Å². The number of unbranched alkanes of at least 4 members (excludes halogenated alkanes) is 2. The van der Waals surface area contributed by atoms with E-state index in [1.54, 1.807) is 6.92 Å². The first-order chi connectivity index (χ1) is 11.8. The largest absolute Gasteiger partial charge is 0.458 e. The summed E-state index contributed by atoms with van der Waals surface area (Å²) in [4.78, 5) is 11.8. The van der Waals surface area contributed by atoms with Crippen LogP contribution in [0.15, 0.2) is 42.5 Å². The second-order valence-corrected chi connectivity index (χ2v) is 7.54. The second-order valence-electron chi connectivity index (χ2n) is 7.54. The first kappa shape index (κ1) is 19.5. The lowest BCUT2D eigenvalue weighted by Gasteiger charge is -2.22. The Labute approximate surface area is 151 Å². The number of hydrogen-bond donors (Lipinski definition) is 0. The normalized spacial score (nSPS) is 13.0. The van der Waals surface area contributed by atoms with Gasteiger partial charge in [-0.2, -0.15) is 0 Å². The molecule has 3 nitrogen and oxygen atoms in total. The lowest BCUT2D eigenvalue weighted by atomic mass is 10.0. The molecule has 3 heteroatoms. The summed E-state index contributed by atoms with van der Waals surface area (Å²) in [6.45, 7) is 7.94. The fraction of sp³-hybridized carbons (Fsp3) is 0.500. The molecule has 0 spiro atoms. The summed E-state index contributed by atoms with van der Waals surface area (Å²) < 4.78 is 10.9. The third-order valence-corrected chi connectivity index (χ3v) is 4.03. The second kappa shape index (κ2) is 9.00. The topological polar surface area (TPSA) is 35.5 Å². The van der Waals surface area contributed by atoms with Crippen molar-refractivity contribution in [3.8, 4) is 0 Å². The van der Waals surface area contributed by atoms with E-state index in [0.717, 1.165) is 25.7 Å². The van der Waals surface area contributed by atoms with E-state index in [0.29, 0.717) is 6.61 Å². The van der Waals surface area contributed by atoms with Gasteiger partial charge in [-0.1, -0.05) is 48.9 Å². The number of benzene rings is 2. The van der Waals surface area contributed by atoms with Gasteiger partial charge in [0.25, 0.3) is 0 Å². The predicted octanol–water partition coefficient (Wildman–Crippen LogP) is 5.30. The summed E-state index contributed by atoms with van der Waals surface area (Å²) in [6, 6.07) is 15.1. The van der Waals surface area contributed by atoms with Gasteiger partial charge in [0.1, 0.15) is 5.60 Å². The molecule has 2 aromatic carbocycles. The molecule has 2 rings (SSSR count). The highest BCUT2D eigenvalue weighted by Gasteiger charge is 2.21. The third-order valence-electron chi connectivity index (χ3n) is 4.03. The lowest BCUT2D eigenvalue weighted by Crippen LogP contribution is -2.31. The average Bonchev–Trinajstić information content (AvgIpc) is 2.56. The summed E-state index contributed by atoms with van der Waals surface area (Å²) in [6.07, 6.45) is 3.75. The van der Waals surface area contributed by atoms with Gasteiger partial charge in [-0.05, 0) is 63.3 Å². The SMILES string of the molecule is CC(OCCCCCc1ccc2ccccc2c1)C(=O)OC(C)(C)C. The van der Waals surface area contributed by atoms with Crippen molar-refractivity contribution in [1.82, 2.24) is 0 Å². The van der Waals surface area contributed by atoms with Gasteiger partial charge >= 0.3 is 5.97 Å². The summed E-state index contributed by atoms with van der Waals surface area (Å²) in [5, 5.41) is 2.59. The molecular formula is C22H30O3. The van der Waals surface area contributed by atoms with E-state index in [4.69, 9.17) is 9.47 Å². The van der Waals surface area contributed by atoms with E-state index in [-0.39, 0.29) is 5.97 Å². The number of hydrogen-bond acceptors (Lipinski definition) is 3. The molecule has 1 atom stereocenters. The van der Waals surface area contributed by atoms with Crippen molar-refractivity contribution in [1.29, 1.82) is 0 Å². The van der Waals surface area contributed by atoms with Gasteiger partial charge in [0, 0.05) is 6.61 Å². The van der Waals surface area contributed by atoms with Crippen LogP contribution < -0.4 is 0 Å².